The summed E-state index contributed by atoms with van der Waals surface area (Å²) in [5.41, 5.74) is 5.07. The van der Waals surface area contributed by atoms with Crippen LogP contribution in [-0.2, 0) is 12.8 Å². The Morgan fingerprint density at radius 3 is 2.55 bits per heavy atom. The Morgan fingerprint density at radius 2 is 1.77 bits per heavy atom. The molecule has 1 aliphatic carbocycles. The molecule has 0 amide bonds. The lowest BCUT2D eigenvalue weighted by Gasteiger charge is -2.11. The second-order valence-electron chi connectivity index (χ2n) is 5.54. The maximum Gasteiger partial charge on any atom is 0.117 e. The quantitative estimate of drug-likeness (QED) is 0.411. The van der Waals surface area contributed by atoms with Crippen LogP contribution in [0.15, 0.2) is 59.8 Å². The van der Waals surface area contributed by atoms with Crippen molar-refractivity contribution in [2.45, 2.75) is 12.8 Å². The summed E-state index contributed by atoms with van der Waals surface area (Å²) in [6.07, 6.45) is 1.96. The van der Waals surface area contributed by atoms with E-state index >= 15 is 0 Å². The molecule has 0 unspecified atom stereocenters. The molecule has 1 N–H and O–H groups in total. The molecule has 4 rings (SSSR count). The predicted octanol–water partition coefficient (Wildman–Crippen LogP) is 4.82. The molecule has 0 atom stereocenters. The van der Waals surface area contributed by atoms with Crippen molar-refractivity contribution in [3.8, 4) is 0 Å². The molecule has 3 aromatic rings. The second-order valence-corrected chi connectivity index (χ2v) is 5.94. The molecule has 2 nitrogen and oxygen atoms in total. The molecule has 0 aromatic heterocycles. The van der Waals surface area contributed by atoms with Crippen molar-refractivity contribution in [2.24, 2.45) is 5.16 Å². The van der Waals surface area contributed by atoms with E-state index in [0.29, 0.717) is 5.71 Å². The zero-order valence-electron chi connectivity index (χ0n) is 11.9. The first kappa shape index (κ1) is 13.4. The molecular weight excluding hydrogens is 294 g/mol. The van der Waals surface area contributed by atoms with E-state index in [0.717, 1.165) is 34.4 Å². The van der Waals surface area contributed by atoms with Gasteiger partial charge in [0.05, 0.1) is 0 Å². The van der Waals surface area contributed by atoms with E-state index in [1.807, 2.05) is 48.5 Å². The maximum absolute atomic E-state index is 9.56. The summed E-state index contributed by atoms with van der Waals surface area (Å²) in [5.74, 6) is 0. The van der Waals surface area contributed by atoms with Gasteiger partial charge in [0.15, 0.2) is 0 Å². The standard InChI is InChI=1S/C19H14ClNO/c20-17-11-7-12-6-8-14-15(9-10-16(17)18(12)14)19(21-22)13-4-2-1-3-5-13/h1-5,7,9-11,22H,6,8H2/b21-19+. The second kappa shape index (κ2) is 5.15. The fourth-order valence-corrected chi connectivity index (χ4v) is 3.59. The normalized spacial score (nSPS) is 13.8. The minimum atomic E-state index is 0.616. The number of rotatable bonds is 2. The lowest BCUT2D eigenvalue weighted by molar-refractivity contribution is 0.319. The average Bonchev–Trinajstić information content (AvgIpc) is 2.99. The van der Waals surface area contributed by atoms with Crippen LogP contribution in [0.2, 0.25) is 5.02 Å². The molecule has 0 spiro atoms. The summed E-state index contributed by atoms with van der Waals surface area (Å²) in [6.45, 7) is 0. The van der Waals surface area contributed by atoms with Gasteiger partial charge < -0.3 is 5.21 Å². The number of halogens is 1. The van der Waals surface area contributed by atoms with Gasteiger partial charge in [0.2, 0.25) is 0 Å². The molecule has 3 aromatic carbocycles. The van der Waals surface area contributed by atoms with Crippen molar-refractivity contribution in [1.82, 2.24) is 0 Å². The zero-order valence-corrected chi connectivity index (χ0v) is 12.6. The highest BCUT2D eigenvalue weighted by Crippen LogP contribution is 2.37. The molecule has 3 heteroatoms. The number of benzene rings is 3. The topological polar surface area (TPSA) is 32.6 Å². The number of nitrogens with zero attached hydrogens (tertiary/aromatic N) is 1. The Hall–Kier alpha value is -2.32. The van der Waals surface area contributed by atoms with Crippen LogP contribution in [0.25, 0.3) is 10.8 Å². The van der Waals surface area contributed by atoms with Crippen LogP contribution in [-0.4, -0.2) is 10.9 Å². The molecular formula is C19H14ClNO. The summed E-state index contributed by atoms with van der Waals surface area (Å²) >= 11 is 6.33. The monoisotopic (exact) mass is 307 g/mol. The van der Waals surface area contributed by atoms with Gasteiger partial charge in [-0.3, -0.25) is 0 Å². The Bertz CT molecular complexity index is 900. The highest BCUT2D eigenvalue weighted by Gasteiger charge is 2.22. The zero-order chi connectivity index (χ0) is 15.1. The van der Waals surface area contributed by atoms with Gasteiger partial charge in [-0.25, -0.2) is 0 Å². The van der Waals surface area contributed by atoms with E-state index in [2.05, 4.69) is 11.2 Å². The summed E-state index contributed by atoms with van der Waals surface area (Å²) in [7, 11) is 0. The Morgan fingerprint density at radius 1 is 0.955 bits per heavy atom. The predicted molar refractivity (Wildman–Crippen MR) is 90.2 cm³/mol. The van der Waals surface area contributed by atoms with Gasteiger partial charge in [0, 0.05) is 21.5 Å². The largest absolute Gasteiger partial charge is 0.410 e. The van der Waals surface area contributed by atoms with Gasteiger partial charge in [-0.05, 0) is 35.4 Å². The minimum absolute atomic E-state index is 0.616. The van der Waals surface area contributed by atoms with Crippen LogP contribution < -0.4 is 0 Å². The van der Waals surface area contributed by atoms with E-state index in [4.69, 9.17) is 11.6 Å². The Labute approximate surface area is 133 Å². The molecule has 0 bridgehead atoms. The van der Waals surface area contributed by atoms with Gasteiger partial charge in [-0.2, -0.15) is 0 Å². The fourth-order valence-electron chi connectivity index (χ4n) is 3.37. The SMILES string of the molecule is O/N=C(\c1ccccc1)c1ccc2c(Cl)ccc3c2c1CC3. The fraction of sp³-hybridized carbons (Fsp3) is 0.105. The Balaban J connectivity index is 1.99. The third-order valence-corrected chi connectivity index (χ3v) is 4.70. The summed E-state index contributed by atoms with van der Waals surface area (Å²) in [5, 5.41) is 16.2. The van der Waals surface area contributed by atoms with E-state index in [9.17, 15) is 5.21 Å². The summed E-state index contributed by atoms with van der Waals surface area (Å²) in [4.78, 5) is 0. The van der Waals surface area contributed by atoms with Gasteiger partial charge in [-0.1, -0.05) is 65.3 Å². The first-order valence-corrected chi connectivity index (χ1v) is 7.68. The van der Waals surface area contributed by atoms with Crippen molar-refractivity contribution in [3.05, 3.63) is 81.9 Å². The molecule has 0 saturated carbocycles. The Kier molecular flexibility index (Phi) is 3.12. The lowest BCUT2D eigenvalue weighted by atomic mass is 9.94. The van der Waals surface area contributed by atoms with Crippen molar-refractivity contribution < 1.29 is 5.21 Å². The first-order valence-electron chi connectivity index (χ1n) is 7.30. The van der Waals surface area contributed by atoms with E-state index in [1.165, 1.54) is 16.5 Å². The van der Waals surface area contributed by atoms with Gasteiger partial charge >= 0.3 is 0 Å². The number of aryl methyl sites for hydroxylation is 2. The summed E-state index contributed by atoms with van der Waals surface area (Å²) < 4.78 is 0. The molecule has 22 heavy (non-hydrogen) atoms. The molecule has 1 aliphatic rings. The lowest BCUT2D eigenvalue weighted by Crippen LogP contribution is -2.06. The van der Waals surface area contributed by atoms with E-state index in [-0.39, 0.29) is 0 Å². The van der Waals surface area contributed by atoms with Gasteiger partial charge in [0.25, 0.3) is 0 Å². The molecule has 108 valence electrons. The van der Waals surface area contributed by atoms with Gasteiger partial charge in [0.1, 0.15) is 5.71 Å². The molecule has 0 saturated heterocycles. The van der Waals surface area contributed by atoms with Crippen LogP contribution in [0.4, 0.5) is 0 Å². The van der Waals surface area contributed by atoms with Crippen LogP contribution in [0.3, 0.4) is 0 Å². The third-order valence-electron chi connectivity index (χ3n) is 4.37. The smallest absolute Gasteiger partial charge is 0.117 e. The molecule has 0 heterocycles. The van der Waals surface area contributed by atoms with Crippen molar-refractivity contribution >= 4 is 28.1 Å². The highest BCUT2D eigenvalue weighted by atomic mass is 35.5. The highest BCUT2D eigenvalue weighted by molar-refractivity contribution is 6.36. The molecule has 0 radical (unpaired) electrons. The van der Waals surface area contributed by atoms with Crippen LogP contribution in [0.5, 0.6) is 0 Å². The van der Waals surface area contributed by atoms with Crippen molar-refractivity contribution in [2.75, 3.05) is 0 Å². The maximum atomic E-state index is 9.56. The number of oxime groups is 1. The first-order chi connectivity index (χ1) is 10.8. The van der Waals surface area contributed by atoms with E-state index < -0.39 is 0 Å². The molecule has 0 aliphatic heterocycles. The third kappa shape index (κ3) is 1.92. The van der Waals surface area contributed by atoms with Crippen LogP contribution in [0.1, 0.15) is 22.3 Å². The number of hydrogen-bond acceptors (Lipinski definition) is 2. The summed E-state index contributed by atoms with van der Waals surface area (Å²) in [6, 6.07) is 17.9. The molecule has 0 fully saturated rings. The van der Waals surface area contributed by atoms with E-state index in [1.54, 1.807) is 0 Å². The van der Waals surface area contributed by atoms with Crippen molar-refractivity contribution in [3.63, 3.8) is 0 Å². The average molecular weight is 308 g/mol. The van der Waals surface area contributed by atoms with Crippen LogP contribution in [0, 0.1) is 0 Å². The van der Waals surface area contributed by atoms with Crippen molar-refractivity contribution in [1.29, 1.82) is 0 Å². The minimum Gasteiger partial charge on any atom is -0.410 e. The number of hydrogen-bond donors (Lipinski definition) is 1. The van der Waals surface area contributed by atoms with Gasteiger partial charge in [-0.15, -0.1) is 0 Å². The van der Waals surface area contributed by atoms with Crippen LogP contribution >= 0.6 is 11.6 Å².